The minimum atomic E-state index is -0.534. The van der Waals surface area contributed by atoms with Crippen LogP contribution in [0, 0.1) is 6.92 Å². The van der Waals surface area contributed by atoms with Crippen LogP contribution in [0.3, 0.4) is 0 Å². The Morgan fingerprint density at radius 1 is 1.30 bits per heavy atom. The summed E-state index contributed by atoms with van der Waals surface area (Å²) < 4.78 is 0. The Morgan fingerprint density at radius 2 is 2.05 bits per heavy atom. The maximum absolute atomic E-state index is 11.1. The average Bonchev–Trinajstić information content (AvgIpc) is 2.40. The van der Waals surface area contributed by atoms with E-state index in [0.29, 0.717) is 17.1 Å². The molecule has 5 N–H and O–H groups in total. The van der Waals surface area contributed by atoms with Crippen LogP contribution in [0.5, 0.6) is 0 Å². The van der Waals surface area contributed by atoms with Crippen molar-refractivity contribution in [3.63, 3.8) is 0 Å². The third kappa shape index (κ3) is 3.03. The van der Waals surface area contributed by atoms with Gasteiger partial charge in [0.25, 0.3) is 0 Å². The Bertz CT molecular complexity index is 656. The molecule has 2 aromatic carbocycles. The minimum Gasteiger partial charge on any atom is -0.399 e. The molecular formula is C15H16ClN3O. The number of primary amides is 1. The molecule has 0 heterocycles. The molecule has 1 amide bonds. The second-order valence-electron chi connectivity index (χ2n) is 4.54. The summed E-state index contributed by atoms with van der Waals surface area (Å²) >= 11 is 6.00. The first kappa shape index (κ1) is 14.2. The highest BCUT2D eigenvalue weighted by molar-refractivity contribution is 6.34. The molecule has 0 aliphatic rings. The fourth-order valence-corrected chi connectivity index (χ4v) is 2.19. The Morgan fingerprint density at radius 3 is 2.70 bits per heavy atom. The summed E-state index contributed by atoms with van der Waals surface area (Å²) in [6.07, 6.45) is 0. The van der Waals surface area contributed by atoms with Crippen LogP contribution >= 0.6 is 11.6 Å². The standard InChI is InChI=1S/C15H16ClN3O/c1-9-10(3-2-4-14(9)17)8-19-11-5-6-12(15(18)20)13(16)7-11/h2-7,19H,8,17H2,1H3,(H2,18,20). The van der Waals surface area contributed by atoms with E-state index in [1.165, 1.54) is 0 Å². The lowest BCUT2D eigenvalue weighted by atomic mass is 10.1. The van der Waals surface area contributed by atoms with Crippen LogP contribution < -0.4 is 16.8 Å². The number of nitrogens with two attached hydrogens (primary N) is 2. The number of carbonyl (C=O) groups is 1. The molecule has 0 spiro atoms. The molecule has 104 valence electrons. The van der Waals surface area contributed by atoms with Crippen molar-refractivity contribution in [1.29, 1.82) is 0 Å². The number of nitrogens with one attached hydrogen (secondary N) is 1. The first-order valence-electron chi connectivity index (χ1n) is 6.16. The van der Waals surface area contributed by atoms with E-state index in [1.54, 1.807) is 18.2 Å². The van der Waals surface area contributed by atoms with Crippen LogP contribution in [0.2, 0.25) is 5.02 Å². The van der Waals surface area contributed by atoms with Crippen molar-refractivity contribution in [2.24, 2.45) is 5.73 Å². The van der Waals surface area contributed by atoms with Gasteiger partial charge in [0, 0.05) is 17.9 Å². The van der Waals surface area contributed by atoms with E-state index in [4.69, 9.17) is 23.1 Å². The minimum absolute atomic E-state index is 0.317. The van der Waals surface area contributed by atoms with E-state index in [0.717, 1.165) is 22.5 Å². The third-order valence-electron chi connectivity index (χ3n) is 3.21. The predicted molar refractivity (Wildman–Crippen MR) is 82.9 cm³/mol. The van der Waals surface area contributed by atoms with E-state index in [-0.39, 0.29) is 0 Å². The van der Waals surface area contributed by atoms with E-state index >= 15 is 0 Å². The zero-order valence-electron chi connectivity index (χ0n) is 11.1. The molecule has 0 aliphatic heterocycles. The zero-order valence-corrected chi connectivity index (χ0v) is 11.9. The van der Waals surface area contributed by atoms with Crippen LogP contribution in [0.4, 0.5) is 11.4 Å². The van der Waals surface area contributed by atoms with Crippen molar-refractivity contribution in [3.8, 4) is 0 Å². The number of hydrogen-bond donors (Lipinski definition) is 3. The molecule has 2 rings (SSSR count). The molecule has 0 saturated carbocycles. The summed E-state index contributed by atoms with van der Waals surface area (Å²) in [5.74, 6) is -0.534. The van der Waals surface area contributed by atoms with E-state index in [2.05, 4.69) is 5.32 Å². The van der Waals surface area contributed by atoms with Gasteiger partial charge in [-0.1, -0.05) is 23.7 Å². The van der Waals surface area contributed by atoms with Gasteiger partial charge in [-0.3, -0.25) is 4.79 Å². The highest BCUT2D eigenvalue weighted by atomic mass is 35.5. The van der Waals surface area contributed by atoms with Crippen molar-refractivity contribution in [2.75, 3.05) is 11.1 Å². The van der Waals surface area contributed by atoms with Gasteiger partial charge in [0.05, 0.1) is 10.6 Å². The van der Waals surface area contributed by atoms with Gasteiger partial charge in [-0.2, -0.15) is 0 Å². The molecular weight excluding hydrogens is 274 g/mol. The first-order chi connectivity index (χ1) is 9.49. The molecule has 4 nitrogen and oxygen atoms in total. The Hall–Kier alpha value is -2.20. The fourth-order valence-electron chi connectivity index (χ4n) is 1.92. The highest BCUT2D eigenvalue weighted by Crippen LogP contribution is 2.22. The van der Waals surface area contributed by atoms with E-state index < -0.39 is 5.91 Å². The monoisotopic (exact) mass is 289 g/mol. The van der Waals surface area contributed by atoms with Gasteiger partial charge in [-0.25, -0.2) is 0 Å². The molecule has 0 atom stereocenters. The Labute approximate surface area is 122 Å². The molecule has 0 unspecified atom stereocenters. The molecule has 5 heteroatoms. The lowest BCUT2D eigenvalue weighted by Gasteiger charge is -2.11. The number of rotatable bonds is 4. The van der Waals surface area contributed by atoms with Gasteiger partial charge in [0.1, 0.15) is 0 Å². The van der Waals surface area contributed by atoms with Crippen LogP contribution in [0.1, 0.15) is 21.5 Å². The van der Waals surface area contributed by atoms with Crippen LogP contribution in [-0.2, 0) is 6.54 Å². The molecule has 0 saturated heterocycles. The van der Waals surface area contributed by atoms with Gasteiger partial charge >= 0.3 is 0 Å². The van der Waals surface area contributed by atoms with E-state index in [9.17, 15) is 4.79 Å². The van der Waals surface area contributed by atoms with Crippen LogP contribution in [0.25, 0.3) is 0 Å². The Balaban J connectivity index is 2.13. The fraction of sp³-hybridized carbons (Fsp3) is 0.133. The number of carbonyl (C=O) groups excluding carboxylic acids is 1. The molecule has 0 aromatic heterocycles. The zero-order chi connectivity index (χ0) is 14.7. The van der Waals surface area contributed by atoms with Crippen molar-refractivity contribution in [1.82, 2.24) is 0 Å². The predicted octanol–water partition coefficient (Wildman–Crippen LogP) is 2.94. The normalized spacial score (nSPS) is 10.3. The smallest absolute Gasteiger partial charge is 0.250 e. The number of hydrogen-bond acceptors (Lipinski definition) is 3. The lowest BCUT2D eigenvalue weighted by molar-refractivity contribution is 0.100. The summed E-state index contributed by atoms with van der Waals surface area (Å²) in [5.41, 5.74) is 15.1. The molecule has 0 bridgehead atoms. The number of benzene rings is 2. The number of nitrogen functional groups attached to an aromatic ring is 1. The molecule has 0 aliphatic carbocycles. The van der Waals surface area contributed by atoms with Crippen LogP contribution in [0.15, 0.2) is 36.4 Å². The summed E-state index contributed by atoms with van der Waals surface area (Å²) in [7, 11) is 0. The second kappa shape index (κ2) is 5.84. The van der Waals surface area contributed by atoms with Crippen LogP contribution in [-0.4, -0.2) is 5.91 Å². The second-order valence-corrected chi connectivity index (χ2v) is 4.95. The van der Waals surface area contributed by atoms with Crippen molar-refractivity contribution < 1.29 is 4.79 Å². The third-order valence-corrected chi connectivity index (χ3v) is 3.52. The highest BCUT2D eigenvalue weighted by Gasteiger charge is 2.07. The molecule has 2 aromatic rings. The van der Waals surface area contributed by atoms with Gasteiger partial charge in [0.2, 0.25) is 5.91 Å². The Kier molecular flexibility index (Phi) is 4.15. The number of anilines is 2. The molecule has 0 radical (unpaired) electrons. The van der Waals surface area contributed by atoms with E-state index in [1.807, 2.05) is 25.1 Å². The van der Waals surface area contributed by atoms with Crippen molar-refractivity contribution in [2.45, 2.75) is 13.5 Å². The lowest BCUT2D eigenvalue weighted by Crippen LogP contribution is -2.11. The number of halogens is 1. The SMILES string of the molecule is Cc1c(N)cccc1CNc1ccc(C(N)=O)c(Cl)c1. The summed E-state index contributed by atoms with van der Waals surface area (Å²) in [4.78, 5) is 11.1. The van der Waals surface area contributed by atoms with Gasteiger partial charge in [-0.15, -0.1) is 0 Å². The average molecular weight is 290 g/mol. The van der Waals surface area contributed by atoms with Gasteiger partial charge in [-0.05, 0) is 42.3 Å². The van der Waals surface area contributed by atoms with Crippen molar-refractivity contribution in [3.05, 3.63) is 58.1 Å². The van der Waals surface area contributed by atoms with Gasteiger partial charge in [0.15, 0.2) is 0 Å². The van der Waals surface area contributed by atoms with Crippen molar-refractivity contribution >= 4 is 28.9 Å². The largest absolute Gasteiger partial charge is 0.399 e. The first-order valence-corrected chi connectivity index (χ1v) is 6.54. The van der Waals surface area contributed by atoms with Gasteiger partial charge < -0.3 is 16.8 Å². The quantitative estimate of drug-likeness (QED) is 0.757. The maximum Gasteiger partial charge on any atom is 0.250 e. The summed E-state index contributed by atoms with van der Waals surface area (Å²) in [6, 6.07) is 10.9. The number of amides is 1. The molecule has 0 fully saturated rings. The summed E-state index contributed by atoms with van der Waals surface area (Å²) in [5, 5.41) is 3.58. The topological polar surface area (TPSA) is 81.1 Å². The summed E-state index contributed by atoms with van der Waals surface area (Å²) in [6.45, 7) is 2.61. The maximum atomic E-state index is 11.1. The molecule has 20 heavy (non-hydrogen) atoms.